The summed E-state index contributed by atoms with van der Waals surface area (Å²) in [5, 5.41) is 11.7. The third kappa shape index (κ3) is 2.12. The molecule has 0 saturated heterocycles. The molecule has 20 heavy (non-hydrogen) atoms. The number of hydrogen-bond acceptors (Lipinski definition) is 6. The molecular weight excluding hydrogens is 278 g/mol. The molecule has 0 fully saturated rings. The lowest BCUT2D eigenvalue weighted by atomic mass is 10.3. The SMILES string of the molecule is C[C@H](Nc1ncnc(N)c1Cl)c1nnc2ccccn12. The second-order valence-corrected chi connectivity index (χ2v) is 4.65. The highest BCUT2D eigenvalue weighted by Crippen LogP contribution is 2.26. The van der Waals surface area contributed by atoms with Gasteiger partial charge in [0.2, 0.25) is 0 Å². The Hall–Kier alpha value is -2.41. The van der Waals surface area contributed by atoms with Crippen molar-refractivity contribution in [3.8, 4) is 0 Å². The zero-order valence-electron chi connectivity index (χ0n) is 10.7. The molecule has 102 valence electrons. The van der Waals surface area contributed by atoms with Gasteiger partial charge < -0.3 is 11.1 Å². The lowest BCUT2D eigenvalue weighted by molar-refractivity contribution is 0.768. The van der Waals surface area contributed by atoms with E-state index in [-0.39, 0.29) is 11.9 Å². The van der Waals surface area contributed by atoms with Crippen molar-refractivity contribution in [1.82, 2.24) is 24.6 Å². The van der Waals surface area contributed by atoms with Crippen LogP contribution in [-0.2, 0) is 0 Å². The Labute approximate surface area is 119 Å². The maximum Gasteiger partial charge on any atom is 0.160 e. The molecule has 1 atom stereocenters. The molecular formula is C12H12ClN7. The van der Waals surface area contributed by atoms with Crippen LogP contribution in [-0.4, -0.2) is 24.6 Å². The van der Waals surface area contributed by atoms with Gasteiger partial charge in [-0.2, -0.15) is 0 Å². The van der Waals surface area contributed by atoms with Crippen LogP contribution in [0.2, 0.25) is 5.02 Å². The van der Waals surface area contributed by atoms with Crippen LogP contribution in [0.25, 0.3) is 5.65 Å². The summed E-state index contributed by atoms with van der Waals surface area (Å²) in [6, 6.07) is 5.58. The number of aromatic nitrogens is 5. The van der Waals surface area contributed by atoms with Crippen molar-refractivity contribution in [3.05, 3.63) is 41.6 Å². The molecule has 3 aromatic rings. The van der Waals surface area contributed by atoms with Gasteiger partial charge in [-0.05, 0) is 19.1 Å². The number of nitrogen functional groups attached to an aromatic ring is 1. The van der Waals surface area contributed by atoms with Crippen LogP contribution in [0.1, 0.15) is 18.8 Å². The monoisotopic (exact) mass is 289 g/mol. The van der Waals surface area contributed by atoms with Crippen LogP contribution in [0, 0.1) is 0 Å². The highest BCUT2D eigenvalue weighted by Gasteiger charge is 2.15. The fourth-order valence-electron chi connectivity index (χ4n) is 1.91. The smallest absolute Gasteiger partial charge is 0.160 e. The Morgan fingerprint density at radius 1 is 1.30 bits per heavy atom. The summed E-state index contributed by atoms with van der Waals surface area (Å²) in [5.74, 6) is 1.47. The first-order chi connectivity index (χ1) is 9.66. The molecule has 0 amide bonds. The Kier molecular flexibility index (Phi) is 3.11. The molecule has 0 unspecified atom stereocenters. The molecule has 0 bridgehead atoms. The van der Waals surface area contributed by atoms with Crippen LogP contribution in [0.4, 0.5) is 11.6 Å². The first-order valence-electron chi connectivity index (χ1n) is 5.99. The number of hydrogen-bond donors (Lipinski definition) is 2. The van der Waals surface area contributed by atoms with Gasteiger partial charge in [0.25, 0.3) is 0 Å². The van der Waals surface area contributed by atoms with Crippen molar-refractivity contribution in [1.29, 1.82) is 0 Å². The van der Waals surface area contributed by atoms with Crippen molar-refractivity contribution in [3.63, 3.8) is 0 Å². The van der Waals surface area contributed by atoms with Gasteiger partial charge in [0, 0.05) is 6.20 Å². The van der Waals surface area contributed by atoms with E-state index in [0.29, 0.717) is 10.8 Å². The van der Waals surface area contributed by atoms with Gasteiger partial charge in [0.05, 0.1) is 6.04 Å². The average Bonchev–Trinajstić information content (AvgIpc) is 2.88. The highest BCUT2D eigenvalue weighted by atomic mass is 35.5. The molecule has 8 heteroatoms. The molecule has 0 aliphatic rings. The summed E-state index contributed by atoms with van der Waals surface area (Å²) in [7, 11) is 0. The van der Waals surface area contributed by atoms with Gasteiger partial charge in [0.1, 0.15) is 17.2 Å². The normalized spacial score (nSPS) is 12.5. The lowest BCUT2D eigenvalue weighted by Gasteiger charge is -2.14. The summed E-state index contributed by atoms with van der Waals surface area (Å²) >= 11 is 6.06. The molecule has 0 aliphatic carbocycles. The number of nitrogens with two attached hydrogens (primary N) is 1. The van der Waals surface area contributed by atoms with E-state index in [4.69, 9.17) is 17.3 Å². The standard InChI is InChI=1S/C12H12ClN7/c1-7(17-11-9(13)10(14)15-6-16-11)12-19-18-8-4-2-3-5-20(8)12/h2-7H,1H3,(H3,14,15,16,17)/t7-/m0/s1. The lowest BCUT2D eigenvalue weighted by Crippen LogP contribution is -2.12. The van der Waals surface area contributed by atoms with Gasteiger partial charge in [-0.15, -0.1) is 10.2 Å². The minimum absolute atomic E-state index is 0.140. The fourth-order valence-corrected chi connectivity index (χ4v) is 2.06. The molecule has 3 aromatic heterocycles. The van der Waals surface area contributed by atoms with Crippen LogP contribution in [0.15, 0.2) is 30.7 Å². The molecule has 0 saturated carbocycles. The van der Waals surface area contributed by atoms with Crippen LogP contribution in [0.3, 0.4) is 0 Å². The summed E-state index contributed by atoms with van der Waals surface area (Å²) < 4.78 is 1.90. The largest absolute Gasteiger partial charge is 0.382 e. The number of fused-ring (bicyclic) bond motifs is 1. The van der Waals surface area contributed by atoms with Crippen molar-refractivity contribution in [2.24, 2.45) is 0 Å². The highest BCUT2D eigenvalue weighted by molar-refractivity contribution is 6.35. The number of halogens is 1. The summed E-state index contributed by atoms with van der Waals surface area (Å²) in [4.78, 5) is 7.90. The molecule has 3 N–H and O–H groups in total. The van der Waals surface area contributed by atoms with Crippen molar-refractivity contribution in [2.75, 3.05) is 11.1 Å². The molecule has 0 aliphatic heterocycles. The third-order valence-electron chi connectivity index (χ3n) is 2.90. The predicted molar refractivity (Wildman–Crippen MR) is 76.5 cm³/mol. The van der Waals surface area contributed by atoms with Gasteiger partial charge in [-0.25, -0.2) is 9.97 Å². The fraction of sp³-hybridized carbons (Fsp3) is 0.167. The Bertz CT molecular complexity index is 754. The summed E-state index contributed by atoms with van der Waals surface area (Å²) in [6.45, 7) is 1.94. The van der Waals surface area contributed by atoms with Gasteiger partial charge in [-0.3, -0.25) is 4.40 Å². The average molecular weight is 290 g/mol. The second-order valence-electron chi connectivity index (χ2n) is 4.27. The van der Waals surface area contributed by atoms with E-state index in [1.807, 2.05) is 35.7 Å². The Morgan fingerprint density at radius 2 is 2.15 bits per heavy atom. The Morgan fingerprint density at radius 3 is 3.00 bits per heavy atom. The van der Waals surface area contributed by atoms with Crippen LogP contribution >= 0.6 is 11.6 Å². The van der Waals surface area contributed by atoms with Crippen molar-refractivity contribution >= 4 is 28.9 Å². The van der Waals surface area contributed by atoms with Crippen molar-refractivity contribution in [2.45, 2.75) is 13.0 Å². The molecule has 0 spiro atoms. The van der Waals surface area contributed by atoms with E-state index in [0.717, 1.165) is 11.5 Å². The number of pyridine rings is 1. The predicted octanol–water partition coefficient (Wildman–Crippen LogP) is 1.93. The van der Waals surface area contributed by atoms with E-state index >= 15 is 0 Å². The molecule has 0 aromatic carbocycles. The maximum absolute atomic E-state index is 6.06. The van der Waals surface area contributed by atoms with Crippen LogP contribution < -0.4 is 11.1 Å². The van der Waals surface area contributed by atoms with Gasteiger partial charge in [0.15, 0.2) is 17.3 Å². The molecule has 0 radical (unpaired) electrons. The first kappa shape index (κ1) is 12.6. The molecule has 3 heterocycles. The van der Waals surface area contributed by atoms with E-state index in [2.05, 4.69) is 25.5 Å². The second kappa shape index (κ2) is 4.93. The van der Waals surface area contributed by atoms with Crippen molar-refractivity contribution < 1.29 is 0 Å². The van der Waals surface area contributed by atoms with Crippen LogP contribution in [0.5, 0.6) is 0 Å². The van der Waals surface area contributed by atoms with Gasteiger partial charge >= 0.3 is 0 Å². The van der Waals surface area contributed by atoms with E-state index < -0.39 is 0 Å². The van der Waals surface area contributed by atoms with E-state index in [1.165, 1.54) is 6.33 Å². The summed E-state index contributed by atoms with van der Waals surface area (Å²) in [5.41, 5.74) is 6.43. The number of nitrogens with zero attached hydrogens (tertiary/aromatic N) is 5. The summed E-state index contributed by atoms with van der Waals surface area (Å²) in [6.07, 6.45) is 3.26. The quantitative estimate of drug-likeness (QED) is 0.765. The number of nitrogens with one attached hydrogen (secondary N) is 1. The minimum atomic E-state index is -0.140. The molecule has 7 nitrogen and oxygen atoms in total. The first-order valence-corrected chi connectivity index (χ1v) is 6.37. The zero-order valence-corrected chi connectivity index (χ0v) is 11.4. The number of rotatable bonds is 3. The molecule has 3 rings (SSSR count). The Balaban J connectivity index is 1.93. The van der Waals surface area contributed by atoms with E-state index in [1.54, 1.807) is 0 Å². The number of anilines is 2. The zero-order chi connectivity index (χ0) is 14.1. The van der Waals surface area contributed by atoms with Gasteiger partial charge in [-0.1, -0.05) is 17.7 Å². The minimum Gasteiger partial charge on any atom is -0.382 e. The topological polar surface area (TPSA) is 94.0 Å². The maximum atomic E-state index is 6.06. The third-order valence-corrected chi connectivity index (χ3v) is 3.27. The van der Waals surface area contributed by atoms with E-state index in [9.17, 15) is 0 Å².